The van der Waals surface area contributed by atoms with Gasteiger partial charge >= 0.3 is 5.97 Å². The average Bonchev–Trinajstić information content (AvgIpc) is 3.29. The van der Waals surface area contributed by atoms with Gasteiger partial charge in [-0.3, -0.25) is 9.36 Å². The molecule has 9 heteroatoms. The minimum atomic E-state index is -0.393. The summed E-state index contributed by atoms with van der Waals surface area (Å²) in [5.41, 5.74) is 2.12. The van der Waals surface area contributed by atoms with Crippen molar-refractivity contribution in [3.05, 3.63) is 102 Å². The molecule has 4 rings (SSSR count). The van der Waals surface area contributed by atoms with Crippen molar-refractivity contribution in [3.8, 4) is 5.75 Å². The molecule has 0 aliphatic rings. The highest BCUT2D eigenvalue weighted by Gasteiger charge is 2.16. The summed E-state index contributed by atoms with van der Waals surface area (Å²) in [5.74, 6) is 0.969. The molecule has 1 amide bonds. The topological polar surface area (TPSA) is 95.3 Å². The molecule has 0 atom stereocenters. The van der Waals surface area contributed by atoms with Gasteiger partial charge in [-0.1, -0.05) is 60.3 Å². The Morgan fingerprint density at radius 3 is 2.31 bits per heavy atom. The van der Waals surface area contributed by atoms with Gasteiger partial charge in [-0.25, -0.2) is 4.79 Å². The fourth-order valence-electron chi connectivity index (χ4n) is 3.35. The SMILES string of the molecule is CCOC(=O)c1ccc(NC(=O)CSc2nnc(COc3ccccc3)n2Cc2ccccc2)cc1. The molecule has 0 unspecified atom stereocenters. The zero-order valence-electron chi connectivity index (χ0n) is 19.8. The lowest BCUT2D eigenvalue weighted by Crippen LogP contribution is -2.15. The van der Waals surface area contributed by atoms with Crippen LogP contribution >= 0.6 is 11.8 Å². The number of hydrogen-bond donors (Lipinski definition) is 1. The zero-order chi connectivity index (χ0) is 25.2. The van der Waals surface area contributed by atoms with Crippen molar-refractivity contribution in [2.75, 3.05) is 17.7 Å². The van der Waals surface area contributed by atoms with E-state index in [1.54, 1.807) is 31.2 Å². The lowest BCUT2D eigenvalue weighted by Gasteiger charge is -2.11. The normalized spacial score (nSPS) is 10.6. The van der Waals surface area contributed by atoms with E-state index < -0.39 is 5.97 Å². The molecule has 184 valence electrons. The number of carbonyl (C=O) groups excluding carboxylic acids is 2. The van der Waals surface area contributed by atoms with Crippen LogP contribution < -0.4 is 10.1 Å². The predicted octanol–water partition coefficient (Wildman–Crippen LogP) is 4.81. The summed E-state index contributed by atoms with van der Waals surface area (Å²) < 4.78 is 12.8. The van der Waals surface area contributed by atoms with Crippen LogP contribution in [0.25, 0.3) is 0 Å². The number of benzene rings is 3. The van der Waals surface area contributed by atoms with Crippen molar-refractivity contribution in [2.24, 2.45) is 0 Å². The van der Waals surface area contributed by atoms with Crippen molar-refractivity contribution in [3.63, 3.8) is 0 Å². The van der Waals surface area contributed by atoms with Crippen LogP contribution in [0.15, 0.2) is 90.1 Å². The van der Waals surface area contributed by atoms with Crippen LogP contribution in [-0.2, 0) is 22.7 Å². The molecule has 0 aliphatic carbocycles. The summed E-state index contributed by atoms with van der Waals surface area (Å²) in [6.07, 6.45) is 0. The van der Waals surface area contributed by atoms with Crippen LogP contribution in [0, 0.1) is 0 Å². The Morgan fingerprint density at radius 2 is 1.61 bits per heavy atom. The van der Waals surface area contributed by atoms with Gasteiger partial charge in [-0.15, -0.1) is 10.2 Å². The number of anilines is 1. The number of hydrogen-bond acceptors (Lipinski definition) is 7. The van der Waals surface area contributed by atoms with Crippen molar-refractivity contribution >= 4 is 29.3 Å². The Morgan fingerprint density at radius 1 is 0.917 bits per heavy atom. The molecule has 36 heavy (non-hydrogen) atoms. The molecule has 1 heterocycles. The fourth-order valence-corrected chi connectivity index (χ4v) is 4.11. The molecule has 4 aromatic rings. The Balaban J connectivity index is 1.41. The van der Waals surface area contributed by atoms with Crippen molar-refractivity contribution in [1.82, 2.24) is 14.8 Å². The molecule has 0 fully saturated rings. The van der Waals surface area contributed by atoms with E-state index in [2.05, 4.69) is 15.5 Å². The second-order valence-electron chi connectivity index (χ2n) is 7.71. The van der Waals surface area contributed by atoms with Gasteiger partial charge in [0, 0.05) is 5.69 Å². The molecular formula is C27H26N4O4S. The number of carbonyl (C=O) groups is 2. The summed E-state index contributed by atoms with van der Waals surface area (Å²) in [6.45, 7) is 2.87. The number of nitrogens with one attached hydrogen (secondary N) is 1. The maximum absolute atomic E-state index is 12.6. The van der Waals surface area contributed by atoms with Crippen LogP contribution in [-0.4, -0.2) is 39.0 Å². The van der Waals surface area contributed by atoms with Crippen molar-refractivity contribution in [1.29, 1.82) is 0 Å². The van der Waals surface area contributed by atoms with Gasteiger partial charge in [0.15, 0.2) is 11.0 Å². The molecule has 0 spiro atoms. The lowest BCUT2D eigenvalue weighted by atomic mass is 10.2. The molecule has 3 aromatic carbocycles. The monoisotopic (exact) mass is 502 g/mol. The first-order valence-electron chi connectivity index (χ1n) is 11.5. The molecule has 8 nitrogen and oxygen atoms in total. The number of esters is 1. The first kappa shape index (κ1) is 25.0. The molecule has 1 aromatic heterocycles. The second-order valence-corrected chi connectivity index (χ2v) is 8.65. The number of rotatable bonds is 11. The molecule has 0 saturated carbocycles. The van der Waals surface area contributed by atoms with Crippen LogP contribution in [0.2, 0.25) is 0 Å². The summed E-state index contributed by atoms with van der Waals surface area (Å²) >= 11 is 1.30. The zero-order valence-corrected chi connectivity index (χ0v) is 20.6. The Labute approximate surface area is 213 Å². The largest absolute Gasteiger partial charge is 0.486 e. The van der Waals surface area contributed by atoms with Gasteiger partial charge < -0.3 is 14.8 Å². The average molecular weight is 503 g/mol. The van der Waals surface area contributed by atoms with E-state index in [0.29, 0.717) is 35.4 Å². The second kappa shape index (κ2) is 12.6. The molecule has 0 bridgehead atoms. The quantitative estimate of drug-likeness (QED) is 0.232. The first-order chi connectivity index (χ1) is 17.6. The Hall–Kier alpha value is -4.11. The number of ether oxygens (including phenoxy) is 2. The highest BCUT2D eigenvalue weighted by Crippen LogP contribution is 2.21. The van der Waals surface area contributed by atoms with Gasteiger partial charge in [0.25, 0.3) is 0 Å². The molecule has 0 aliphatic heterocycles. The minimum absolute atomic E-state index is 0.145. The van der Waals surface area contributed by atoms with Crippen molar-refractivity contribution < 1.29 is 19.1 Å². The van der Waals surface area contributed by atoms with Crippen LogP contribution in [0.1, 0.15) is 28.7 Å². The van der Waals surface area contributed by atoms with Gasteiger partial charge in [0.05, 0.1) is 24.5 Å². The van der Waals surface area contributed by atoms with Gasteiger partial charge in [0.1, 0.15) is 12.4 Å². The van der Waals surface area contributed by atoms with E-state index in [9.17, 15) is 9.59 Å². The third-order valence-electron chi connectivity index (χ3n) is 5.10. The number of nitrogens with zero attached hydrogens (tertiary/aromatic N) is 3. The van der Waals surface area contributed by atoms with Gasteiger partial charge in [-0.05, 0) is 48.9 Å². The van der Waals surface area contributed by atoms with Crippen LogP contribution in [0.3, 0.4) is 0 Å². The van der Waals surface area contributed by atoms with Gasteiger partial charge in [0.2, 0.25) is 5.91 Å². The maximum Gasteiger partial charge on any atom is 0.338 e. The first-order valence-corrected chi connectivity index (χ1v) is 12.4. The lowest BCUT2D eigenvalue weighted by molar-refractivity contribution is -0.113. The van der Waals surface area contributed by atoms with E-state index in [1.165, 1.54) is 11.8 Å². The van der Waals surface area contributed by atoms with E-state index >= 15 is 0 Å². The smallest absolute Gasteiger partial charge is 0.338 e. The molecule has 0 radical (unpaired) electrons. The molecule has 0 saturated heterocycles. The third-order valence-corrected chi connectivity index (χ3v) is 6.07. The highest BCUT2D eigenvalue weighted by atomic mass is 32.2. The number of aromatic nitrogens is 3. The Bertz CT molecular complexity index is 1280. The summed E-state index contributed by atoms with van der Waals surface area (Å²) in [7, 11) is 0. The summed E-state index contributed by atoms with van der Waals surface area (Å²) in [6, 6.07) is 26.1. The number of amides is 1. The summed E-state index contributed by atoms with van der Waals surface area (Å²) in [4.78, 5) is 24.4. The minimum Gasteiger partial charge on any atom is -0.486 e. The Kier molecular flexibility index (Phi) is 8.72. The maximum atomic E-state index is 12.6. The number of para-hydroxylation sites is 1. The van der Waals surface area contributed by atoms with E-state index in [0.717, 1.165) is 11.3 Å². The van der Waals surface area contributed by atoms with E-state index in [4.69, 9.17) is 9.47 Å². The standard InChI is InChI=1S/C27H26N4O4S/c1-2-34-26(33)21-13-15-22(16-14-21)28-25(32)19-36-27-30-29-24(18-35-23-11-7-4-8-12-23)31(27)17-20-9-5-3-6-10-20/h3-16H,2,17-19H2,1H3,(H,28,32). The summed E-state index contributed by atoms with van der Waals surface area (Å²) in [5, 5.41) is 12.1. The molecule has 1 N–H and O–H groups in total. The van der Waals surface area contributed by atoms with Gasteiger partial charge in [-0.2, -0.15) is 0 Å². The third kappa shape index (κ3) is 6.96. The van der Waals surface area contributed by atoms with Crippen LogP contribution in [0.4, 0.5) is 5.69 Å². The highest BCUT2D eigenvalue weighted by molar-refractivity contribution is 7.99. The van der Waals surface area contributed by atoms with Crippen LogP contribution in [0.5, 0.6) is 5.75 Å². The molecular weight excluding hydrogens is 476 g/mol. The predicted molar refractivity (Wildman–Crippen MR) is 138 cm³/mol. The fraction of sp³-hybridized carbons (Fsp3) is 0.185. The van der Waals surface area contributed by atoms with E-state index in [1.807, 2.05) is 65.2 Å². The van der Waals surface area contributed by atoms with E-state index in [-0.39, 0.29) is 18.3 Å². The number of thioether (sulfide) groups is 1. The van der Waals surface area contributed by atoms with Crippen molar-refractivity contribution in [2.45, 2.75) is 25.2 Å².